The zero-order chi connectivity index (χ0) is 4.50. The zero-order valence-electron chi connectivity index (χ0n) is 2.31. The fourth-order valence-electron chi connectivity index (χ4n) is 0. The Morgan fingerprint density at radius 2 is 1.17 bits per heavy atom. The summed E-state index contributed by atoms with van der Waals surface area (Å²) in [5.41, 5.74) is 0. The third-order valence-electron chi connectivity index (χ3n) is 0. The fourth-order valence-corrected chi connectivity index (χ4v) is 0. The van der Waals surface area contributed by atoms with Gasteiger partial charge in [-0.2, -0.15) is 8.78 Å². The molecule has 0 saturated heterocycles. The van der Waals surface area contributed by atoms with Crippen LogP contribution in [0.2, 0.25) is 0 Å². The molecule has 0 aromatic rings. The third kappa shape index (κ3) is 84.5. The predicted octanol–water partition coefficient (Wildman–Crippen LogP) is 2.01. The van der Waals surface area contributed by atoms with Gasteiger partial charge in [0.05, 0.1) is 0 Å². The summed E-state index contributed by atoms with van der Waals surface area (Å²) in [4.78, 5) is -3.56. The maximum atomic E-state index is 10.6. The maximum Gasteiger partial charge on any atom is 0.401 e. The number of alkyl halides is 4. The van der Waals surface area contributed by atoms with Gasteiger partial charge in [0.15, 0.2) is 0 Å². The quantitative estimate of drug-likeness (QED) is 0.399. The molecule has 0 saturated carbocycles. The molecule has 0 aromatic carbocycles. The second-order valence-corrected chi connectivity index (χ2v) is 1.57. The number of halogens is 4. The molecule has 0 aromatic heterocycles. The molecule has 43 valence electrons. The topological polar surface area (TPSA) is 0 Å². The summed E-state index contributed by atoms with van der Waals surface area (Å²) in [6, 6.07) is 0. The van der Waals surface area contributed by atoms with Gasteiger partial charge >= 0.3 is 4.84 Å². The van der Waals surface area contributed by atoms with Crippen LogP contribution in [-0.2, 0) is 17.1 Å². The first-order valence-electron chi connectivity index (χ1n) is 0.756. The van der Waals surface area contributed by atoms with Crippen LogP contribution in [0, 0.1) is 0 Å². The Morgan fingerprint density at radius 1 is 1.17 bits per heavy atom. The molecule has 1 radical (unpaired) electrons. The molecule has 0 aliphatic heterocycles. The first-order chi connectivity index (χ1) is 2.00. The average Bonchev–Trinajstić information content (AvgIpc) is 0.722. The Bertz CT molecular complexity index is 27.0. The Labute approximate surface area is 54.3 Å². The van der Waals surface area contributed by atoms with E-state index in [1.54, 1.807) is 0 Å². The van der Waals surface area contributed by atoms with Crippen molar-refractivity contribution >= 4 is 23.2 Å². The summed E-state index contributed by atoms with van der Waals surface area (Å²) >= 11 is 7.92. The SMILES string of the molecule is FC(F)(Cl)Cl.[Cu]. The van der Waals surface area contributed by atoms with Crippen molar-refractivity contribution in [2.75, 3.05) is 0 Å². The van der Waals surface area contributed by atoms with Crippen LogP contribution in [0.25, 0.3) is 0 Å². The van der Waals surface area contributed by atoms with E-state index in [0.29, 0.717) is 0 Å². The van der Waals surface area contributed by atoms with E-state index in [9.17, 15) is 8.78 Å². The van der Waals surface area contributed by atoms with Crippen LogP contribution in [0.5, 0.6) is 0 Å². The normalized spacial score (nSPS) is 10.0. The molecule has 0 aliphatic carbocycles. The van der Waals surface area contributed by atoms with E-state index in [1.807, 2.05) is 0 Å². The molecule has 0 heterocycles. The van der Waals surface area contributed by atoms with Gasteiger partial charge in [0.2, 0.25) is 0 Å². The van der Waals surface area contributed by atoms with Crippen molar-refractivity contribution in [3.63, 3.8) is 0 Å². The second-order valence-electron chi connectivity index (χ2n) is 0.429. The first kappa shape index (κ1) is 10.0. The van der Waals surface area contributed by atoms with E-state index in [-0.39, 0.29) is 17.1 Å². The molecule has 0 atom stereocenters. The Hall–Kier alpha value is 0.959. The van der Waals surface area contributed by atoms with Crippen molar-refractivity contribution in [3.8, 4) is 0 Å². The van der Waals surface area contributed by atoms with Gasteiger partial charge in [0.25, 0.3) is 0 Å². The van der Waals surface area contributed by atoms with Gasteiger partial charge in [0.1, 0.15) is 0 Å². The van der Waals surface area contributed by atoms with Crippen LogP contribution in [0.3, 0.4) is 0 Å². The molecule has 0 N–H and O–H groups in total. The smallest absolute Gasteiger partial charge is 0.172 e. The number of rotatable bonds is 0. The molecule has 0 rings (SSSR count). The Kier molecular flexibility index (Phi) is 5.07. The second kappa shape index (κ2) is 3.03. The van der Waals surface area contributed by atoms with Crippen LogP contribution in [-0.4, -0.2) is 4.84 Å². The summed E-state index contributed by atoms with van der Waals surface area (Å²) in [6.45, 7) is 0. The van der Waals surface area contributed by atoms with Crippen molar-refractivity contribution in [1.29, 1.82) is 0 Å². The first-order valence-corrected chi connectivity index (χ1v) is 1.51. The molecule has 0 aliphatic rings. The van der Waals surface area contributed by atoms with Crippen LogP contribution in [0.1, 0.15) is 0 Å². The molecule has 0 bridgehead atoms. The third-order valence-corrected chi connectivity index (χ3v) is 0. The maximum absolute atomic E-state index is 10.6. The van der Waals surface area contributed by atoms with Crippen molar-refractivity contribution in [2.24, 2.45) is 0 Å². The van der Waals surface area contributed by atoms with E-state index in [0.717, 1.165) is 0 Å². The van der Waals surface area contributed by atoms with E-state index in [4.69, 9.17) is 0 Å². The summed E-state index contributed by atoms with van der Waals surface area (Å²) in [5, 5.41) is 0. The van der Waals surface area contributed by atoms with Crippen molar-refractivity contribution < 1.29 is 25.8 Å². The van der Waals surface area contributed by atoms with Gasteiger partial charge in [0, 0.05) is 17.1 Å². The van der Waals surface area contributed by atoms with Gasteiger partial charge in [-0.25, -0.2) is 0 Å². The zero-order valence-corrected chi connectivity index (χ0v) is 4.77. The molecule has 0 amide bonds. The molecular weight excluding hydrogens is 184 g/mol. The molecule has 5 heteroatoms. The van der Waals surface area contributed by atoms with Gasteiger partial charge in [-0.15, -0.1) is 0 Å². The summed E-state index contributed by atoms with van der Waals surface area (Å²) in [5.74, 6) is 0. The van der Waals surface area contributed by atoms with Crippen LogP contribution in [0.15, 0.2) is 0 Å². The van der Waals surface area contributed by atoms with Crippen LogP contribution in [0.4, 0.5) is 8.78 Å². The van der Waals surface area contributed by atoms with Crippen molar-refractivity contribution in [2.45, 2.75) is 4.84 Å². The van der Waals surface area contributed by atoms with E-state index < -0.39 is 4.84 Å². The fraction of sp³-hybridized carbons (Fsp3) is 1.00. The van der Waals surface area contributed by atoms with Crippen LogP contribution < -0.4 is 0 Å². The summed E-state index contributed by atoms with van der Waals surface area (Å²) < 4.78 is 21.1. The number of hydrogen-bond acceptors (Lipinski definition) is 0. The molecule has 6 heavy (non-hydrogen) atoms. The molecule has 0 fully saturated rings. The Balaban J connectivity index is 0. The summed E-state index contributed by atoms with van der Waals surface area (Å²) in [6.07, 6.45) is 0. The predicted molar refractivity (Wildman–Crippen MR) is 16.7 cm³/mol. The van der Waals surface area contributed by atoms with Crippen molar-refractivity contribution in [1.82, 2.24) is 0 Å². The van der Waals surface area contributed by atoms with E-state index in [1.165, 1.54) is 0 Å². The molecular formula is CCl2CuF2. The van der Waals surface area contributed by atoms with Gasteiger partial charge in [-0.05, 0) is 23.2 Å². The van der Waals surface area contributed by atoms with Crippen LogP contribution >= 0.6 is 23.2 Å². The summed E-state index contributed by atoms with van der Waals surface area (Å²) in [7, 11) is 0. The monoisotopic (exact) mass is 183 g/mol. The molecule has 0 nitrogen and oxygen atoms in total. The van der Waals surface area contributed by atoms with E-state index in [2.05, 4.69) is 23.2 Å². The largest absolute Gasteiger partial charge is 0.401 e. The standard InChI is InChI=1S/CCl2F2.Cu/c2-1(3,4)5;. The Morgan fingerprint density at radius 3 is 1.17 bits per heavy atom. The molecule has 0 spiro atoms. The van der Waals surface area contributed by atoms with Gasteiger partial charge in [-0.1, -0.05) is 0 Å². The van der Waals surface area contributed by atoms with Crippen molar-refractivity contribution in [3.05, 3.63) is 0 Å². The minimum atomic E-state index is -3.56. The van der Waals surface area contributed by atoms with E-state index >= 15 is 0 Å². The average molecular weight is 184 g/mol. The minimum absolute atomic E-state index is 0. The minimum Gasteiger partial charge on any atom is -0.172 e. The number of hydrogen-bond donors (Lipinski definition) is 0. The van der Waals surface area contributed by atoms with Gasteiger partial charge in [-0.3, -0.25) is 0 Å². The molecule has 0 unspecified atom stereocenters. The van der Waals surface area contributed by atoms with Gasteiger partial charge < -0.3 is 0 Å².